The number of rotatable bonds is 4. The van der Waals surface area contributed by atoms with Crippen LogP contribution in [0.3, 0.4) is 0 Å². The van der Waals surface area contributed by atoms with E-state index in [1.807, 2.05) is 42.5 Å². The van der Waals surface area contributed by atoms with Crippen LogP contribution >= 0.6 is 11.8 Å². The predicted molar refractivity (Wildman–Crippen MR) is 159 cm³/mol. The number of benzene rings is 1. The Labute approximate surface area is 249 Å². The fourth-order valence-corrected chi connectivity index (χ4v) is 7.55. The van der Waals surface area contributed by atoms with Gasteiger partial charge in [0.15, 0.2) is 0 Å². The molecule has 1 aromatic heterocycles. The molecule has 11 nitrogen and oxygen atoms in total. The molecule has 222 valence electrons. The average Bonchev–Trinajstić information content (AvgIpc) is 3.32. The van der Waals surface area contributed by atoms with Gasteiger partial charge in [-0.1, -0.05) is 42.1 Å². The lowest BCUT2D eigenvalue weighted by Crippen LogP contribution is -2.62. The molecule has 4 aliphatic rings. The fraction of sp³-hybridized carbons (Fsp3) is 0.467. The molecule has 0 bridgehead atoms. The van der Waals surface area contributed by atoms with Crippen molar-refractivity contribution in [2.75, 3.05) is 24.5 Å². The van der Waals surface area contributed by atoms with Crippen molar-refractivity contribution < 1.29 is 24.2 Å². The Morgan fingerprint density at radius 2 is 1.93 bits per heavy atom. The molecule has 5 heterocycles. The number of aliphatic hydroxyl groups excluding tert-OH is 1. The first-order chi connectivity index (χ1) is 20.1. The summed E-state index contributed by atoms with van der Waals surface area (Å²) in [6, 6.07) is 12.9. The number of carbonyl (C=O) groups excluding carboxylic acids is 3. The topological polar surface area (TPSA) is 136 Å². The minimum Gasteiger partial charge on any atom is -0.444 e. The Bertz CT molecular complexity index is 1410. The van der Waals surface area contributed by atoms with Gasteiger partial charge in [0.05, 0.1) is 29.0 Å². The average molecular weight is 593 g/mol. The maximum Gasteiger partial charge on any atom is 0.410 e. The van der Waals surface area contributed by atoms with E-state index in [0.717, 1.165) is 11.1 Å². The van der Waals surface area contributed by atoms with Crippen LogP contribution in [0.1, 0.15) is 33.6 Å². The Balaban J connectivity index is 1.21. The number of β-amino-alcohol motifs (C(OH)–C–C–N with tert-alkyl or cyclic N) is 1. The number of nitrogens with zero attached hydrogens (tertiary/aromatic N) is 3. The van der Waals surface area contributed by atoms with E-state index in [0.29, 0.717) is 35.8 Å². The Hall–Kier alpha value is -3.61. The van der Waals surface area contributed by atoms with Crippen molar-refractivity contribution in [2.45, 2.75) is 62.8 Å². The highest BCUT2D eigenvalue weighted by molar-refractivity contribution is 8.04. The number of urea groups is 1. The van der Waals surface area contributed by atoms with E-state index in [-0.39, 0.29) is 42.4 Å². The summed E-state index contributed by atoms with van der Waals surface area (Å²) >= 11 is 1.41. The van der Waals surface area contributed by atoms with Gasteiger partial charge in [0, 0.05) is 30.4 Å². The van der Waals surface area contributed by atoms with Crippen LogP contribution in [-0.2, 0) is 9.53 Å². The SMILES string of the molecule is CC(C)(C)OC(=O)N1C[C@H](O)C[C@@H](NC(=O)C2=C3NC(=O)N(c4cc(-c5ccccc5)ccn4)C4CCNC(S2)C34)C1. The van der Waals surface area contributed by atoms with Crippen molar-refractivity contribution in [1.82, 2.24) is 25.8 Å². The summed E-state index contributed by atoms with van der Waals surface area (Å²) in [5.41, 5.74) is 1.95. The summed E-state index contributed by atoms with van der Waals surface area (Å²) in [6.07, 6.45) is 1.43. The molecule has 2 aromatic rings. The monoisotopic (exact) mass is 592 g/mol. The third-order valence-electron chi connectivity index (χ3n) is 7.86. The van der Waals surface area contributed by atoms with Crippen molar-refractivity contribution in [3.63, 3.8) is 0 Å². The van der Waals surface area contributed by atoms with Crippen molar-refractivity contribution in [3.8, 4) is 11.1 Å². The van der Waals surface area contributed by atoms with Gasteiger partial charge < -0.3 is 30.7 Å². The number of carbonyl (C=O) groups is 3. The smallest absolute Gasteiger partial charge is 0.410 e. The van der Waals surface area contributed by atoms with Gasteiger partial charge in [0.25, 0.3) is 5.91 Å². The second kappa shape index (κ2) is 11.2. The first kappa shape index (κ1) is 28.5. The third kappa shape index (κ3) is 5.70. The molecule has 12 heteroatoms. The van der Waals surface area contributed by atoms with Crippen LogP contribution < -0.4 is 20.9 Å². The predicted octanol–water partition coefficient (Wildman–Crippen LogP) is 3.03. The van der Waals surface area contributed by atoms with Crippen LogP contribution in [0, 0.1) is 5.92 Å². The molecule has 0 aliphatic carbocycles. The van der Waals surface area contributed by atoms with E-state index in [1.165, 1.54) is 16.7 Å². The van der Waals surface area contributed by atoms with Gasteiger partial charge in [-0.3, -0.25) is 9.69 Å². The summed E-state index contributed by atoms with van der Waals surface area (Å²) < 4.78 is 5.47. The first-order valence-corrected chi connectivity index (χ1v) is 15.2. The largest absolute Gasteiger partial charge is 0.444 e. The highest BCUT2D eigenvalue weighted by Gasteiger charge is 2.52. The minimum atomic E-state index is -0.791. The summed E-state index contributed by atoms with van der Waals surface area (Å²) in [6.45, 7) is 6.42. The van der Waals surface area contributed by atoms with Crippen LogP contribution in [0.5, 0.6) is 0 Å². The van der Waals surface area contributed by atoms with Crippen LogP contribution in [0.4, 0.5) is 15.4 Å². The molecule has 0 radical (unpaired) electrons. The lowest BCUT2D eigenvalue weighted by atomic mass is 9.86. The number of amides is 4. The number of ether oxygens (including phenoxy) is 1. The number of piperidine rings is 2. The van der Waals surface area contributed by atoms with Crippen LogP contribution in [0.2, 0.25) is 0 Å². The maximum atomic E-state index is 13.6. The molecule has 1 aromatic carbocycles. The molecule has 5 atom stereocenters. The van der Waals surface area contributed by atoms with Crippen LogP contribution in [0.15, 0.2) is 59.3 Å². The second-order valence-electron chi connectivity index (χ2n) is 12.1. The molecule has 0 saturated carbocycles. The summed E-state index contributed by atoms with van der Waals surface area (Å²) in [7, 11) is 0. The molecule has 0 spiro atoms. The molecular formula is C30H36N6O5S. The standard InChI is InChI=1S/C30H36N6O5S/c1-30(2,3)41-29(40)35-15-19(14-20(37)16-35)33-26(38)25-24-23-21(10-12-32-27(23)42-25)36(28(39)34-24)22-13-18(9-11-31-22)17-7-5-4-6-8-17/h4-9,11,13,19-21,23,27,32,37H,10,12,14-16H2,1-3H3,(H,33,38)(H,34,39)/t19-,20-,21?,23?,27?/m1/s1. The number of anilines is 1. The van der Waals surface area contributed by atoms with Gasteiger partial charge >= 0.3 is 12.1 Å². The number of aromatic nitrogens is 1. The second-order valence-corrected chi connectivity index (χ2v) is 13.3. The van der Waals surface area contributed by atoms with Crippen molar-refractivity contribution in [2.24, 2.45) is 5.92 Å². The highest BCUT2D eigenvalue weighted by atomic mass is 32.2. The first-order valence-electron chi connectivity index (χ1n) is 14.3. The quantitative estimate of drug-likeness (QED) is 0.426. The van der Waals surface area contributed by atoms with Crippen molar-refractivity contribution in [3.05, 3.63) is 59.3 Å². The van der Waals surface area contributed by atoms with Crippen LogP contribution in [-0.4, -0.2) is 81.8 Å². The Morgan fingerprint density at radius 3 is 2.69 bits per heavy atom. The number of thioether (sulfide) groups is 1. The third-order valence-corrected chi connectivity index (χ3v) is 9.22. The van der Waals surface area contributed by atoms with E-state index in [9.17, 15) is 19.5 Å². The molecular weight excluding hydrogens is 556 g/mol. The lowest BCUT2D eigenvalue weighted by molar-refractivity contribution is -0.118. The number of nitrogens with one attached hydrogen (secondary N) is 3. The van der Waals surface area contributed by atoms with Gasteiger partial charge in [-0.25, -0.2) is 14.6 Å². The summed E-state index contributed by atoms with van der Waals surface area (Å²) in [5, 5.41) is 19.9. The molecule has 3 saturated heterocycles. The van der Waals surface area contributed by atoms with E-state index >= 15 is 0 Å². The molecule has 4 amide bonds. The van der Waals surface area contributed by atoms with Gasteiger partial charge in [0.1, 0.15) is 11.4 Å². The molecule has 6 rings (SSSR count). The number of likely N-dealkylation sites (tertiary alicyclic amines) is 1. The highest BCUT2D eigenvalue weighted by Crippen LogP contribution is 2.48. The molecule has 42 heavy (non-hydrogen) atoms. The maximum absolute atomic E-state index is 13.6. The van der Waals surface area contributed by atoms with Crippen LogP contribution in [0.25, 0.3) is 11.1 Å². The zero-order valence-corrected chi connectivity index (χ0v) is 24.7. The van der Waals surface area contributed by atoms with Gasteiger partial charge in [-0.05, 0) is 63.4 Å². The fourth-order valence-electron chi connectivity index (χ4n) is 6.15. The van der Waals surface area contributed by atoms with Gasteiger partial charge in [-0.15, -0.1) is 0 Å². The number of pyridine rings is 1. The normalized spacial score (nSPS) is 27.3. The van der Waals surface area contributed by atoms with E-state index < -0.39 is 23.8 Å². The van der Waals surface area contributed by atoms with Gasteiger partial charge in [0.2, 0.25) is 0 Å². The van der Waals surface area contributed by atoms with E-state index in [2.05, 4.69) is 20.9 Å². The van der Waals surface area contributed by atoms with E-state index in [1.54, 1.807) is 31.9 Å². The zero-order valence-electron chi connectivity index (χ0n) is 23.9. The zero-order chi connectivity index (χ0) is 29.6. The van der Waals surface area contributed by atoms with Crippen molar-refractivity contribution >= 4 is 35.6 Å². The molecule has 3 unspecified atom stereocenters. The van der Waals surface area contributed by atoms with Gasteiger partial charge in [-0.2, -0.15) is 0 Å². The Morgan fingerprint density at radius 1 is 1.14 bits per heavy atom. The molecule has 4 aliphatic heterocycles. The number of hydrogen-bond donors (Lipinski definition) is 4. The lowest BCUT2D eigenvalue weighted by Gasteiger charge is -2.45. The molecule has 3 fully saturated rings. The summed E-state index contributed by atoms with van der Waals surface area (Å²) in [5.74, 6) is 0.116. The van der Waals surface area contributed by atoms with E-state index in [4.69, 9.17) is 4.74 Å². The van der Waals surface area contributed by atoms with Crippen molar-refractivity contribution in [1.29, 1.82) is 0 Å². The Kier molecular flexibility index (Phi) is 7.62. The summed E-state index contributed by atoms with van der Waals surface area (Å²) in [4.78, 5) is 48.0. The number of hydrogen-bond acceptors (Lipinski definition) is 8. The minimum absolute atomic E-state index is 0.0879. The molecule has 4 N–H and O–H groups in total. The number of aliphatic hydroxyl groups is 1.